The molecule has 1 fully saturated rings. The molecule has 2 aromatic rings. The molecule has 1 aromatic carbocycles. The van der Waals surface area contributed by atoms with Gasteiger partial charge in [0.15, 0.2) is 0 Å². The second kappa shape index (κ2) is 4.38. The van der Waals surface area contributed by atoms with Crippen molar-refractivity contribution < 1.29 is 13.9 Å². The lowest BCUT2D eigenvalue weighted by Gasteiger charge is -2.43. The molecule has 4 heteroatoms. The third-order valence-corrected chi connectivity index (χ3v) is 4.28. The molecule has 100 valence electrons. The lowest BCUT2D eigenvalue weighted by atomic mass is 9.62. The number of hydrogen-bond donors (Lipinski definition) is 1. The van der Waals surface area contributed by atoms with E-state index in [9.17, 15) is 4.79 Å². The summed E-state index contributed by atoms with van der Waals surface area (Å²) in [5, 5.41) is 0.977. The van der Waals surface area contributed by atoms with Crippen LogP contribution >= 0.6 is 0 Å². The van der Waals surface area contributed by atoms with Gasteiger partial charge in [-0.1, -0.05) is 24.6 Å². The van der Waals surface area contributed by atoms with Crippen LogP contribution in [0.2, 0.25) is 0 Å². The van der Waals surface area contributed by atoms with Crippen molar-refractivity contribution in [3.05, 3.63) is 36.1 Å². The summed E-state index contributed by atoms with van der Waals surface area (Å²) in [4.78, 5) is 12.1. The number of carbonyl (C=O) groups is 1. The van der Waals surface area contributed by atoms with Gasteiger partial charge in [-0.15, -0.1) is 0 Å². The number of para-hydroxylation sites is 1. The Hall–Kier alpha value is -1.81. The SMILES string of the molecule is COC(=O)C1(C(N)c2coc3ccccc23)CCC1. The van der Waals surface area contributed by atoms with Gasteiger partial charge in [-0.25, -0.2) is 0 Å². The van der Waals surface area contributed by atoms with Gasteiger partial charge in [0.05, 0.1) is 18.8 Å². The molecule has 0 saturated heterocycles. The second-order valence-corrected chi connectivity index (χ2v) is 5.17. The van der Waals surface area contributed by atoms with Gasteiger partial charge in [-0.05, 0) is 18.9 Å². The highest BCUT2D eigenvalue weighted by atomic mass is 16.5. The molecule has 0 spiro atoms. The molecule has 2 N–H and O–H groups in total. The lowest BCUT2D eigenvalue weighted by Crippen LogP contribution is -2.47. The van der Waals surface area contributed by atoms with E-state index in [1.54, 1.807) is 6.26 Å². The molecule has 0 radical (unpaired) electrons. The Morgan fingerprint density at radius 3 is 2.79 bits per heavy atom. The normalized spacial score (nSPS) is 18.8. The number of hydrogen-bond acceptors (Lipinski definition) is 4. The molecule has 0 amide bonds. The quantitative estimate of drug-likeness (QED) is 0.861. The standard InChI is InChI=1S/C15H17NO3/c1-18-14(17)15(7-4-8-15)13(16)11-9-19-12-6-3-2-5-10(11)12/h2-3,5-6,9,13H,4,7-8,16H2,1H3. The number of rotatable bonds is 3. The van der Waals surface area contributed by atoms with Crippen LogP contribution in [0.3, 0.4) is 0 Å². The van der Waals surface area contributed by atoms with E-state index in [2.05, 4.69) is 0 Å². The maximum Gasteiger partial charge on any atom is 0.313 e. The summed E-state index contributed by atoms with van der Waals surface area (Å²) in [6.07, 6.45) is 4.23. The summed E-state index contributed by atoms with van der Waals surface area (Å²) in [5.74, 6) is -0.212. The van der Waals surface area contributed by atoms with Crippen LogP contribution in [0.5, 0.6) is 0 Å². The van der Waals surface area contributed by atoms with Crippen LogP contribution in [-0.4, -0.2) is 13.1 Å². The highest BCUT2D eigenvalue weighted by molar-refractivity contribution is 5.84. The van der Waals surface area contributed by atoms with E-state index < -0.39 is 5.41 Å². The zero-order valence-electron chi connectivity index (χ0n) is 10.9. The third kappa shape index (κ3) is 1.67. The molecule has 0 bridgehead atoms. The number of benzene rings is 1. The molecule has 4 nitrogen and oxygen atoms in total. The van der Waals surface area contributed by atoms with Gasteiger partial charge in [-0.2, -0.15) is 0 Å². The number of esters is 1. The minimum Gasteiger partial charge on any atom is -0.469 e. The van der Waals surface area contributed by atoms with Crippen molar-refractivity contribution in [1.29, 1.82) is 0 Å². The first-order valence-corrected chi connectivity index (χ1v) is 6.49. The number of furan rings is 1. The van der Waals surface area contributed by atoms with E-state index >= 15 is 0 Å². The third-order valence-electron chi connectivity index (χ3n) is 4.28. The Labute approximate surface area is 111 Å². The molecule has 19 heavy (non-hydrogen) atoms. The monoisotopic (exact) mass is 259 g/mol. The fourth-order valence-corrected chi connectivity index (χ4v) is 2.94. The van der Waals surface area contributed by atoms with E-state index in [4.69, 9.17) is 14.9 Å². The smallest absolute Gasteiger partial charge is 0.313 e. The Morgan fingerprint density at radius 2 is 2.16 bits per heavy atom. The minimum atomic E-state index is -0.582. The summed E-state index contributed by atoms with van der Waals surface area (Å²) >= 11 is 0. The fourth-order valence-electron chi connectivity index (χ4n) is 2.94. The van der Waals surface area contributed by atoms with E-state index in [-0.39, 0.29) is 12.0 Å². The van der Waals surface area contributed by atoms with E-state index in [1.165, 1.54) is 7.11 Å². The zero-order chi connectivity index (χ0) is 13.5. The van der Waals surface area contributed by atoms with Gasteiger partial charge in [0.25, 0.3) is 0 Å². The summed E-state index contributed by atoms with van der Waals surface area (Å²) in [7, 11) is 1.42. The van der Waals surface area contributed by atoms with Gasteiger partial charge < -0.3 is 14.9 Å². The highest BCUT2D eigenvalue weighted by Crippen LogP contribution is 2.51. The molecule has 1 aliphatic carbocycles. The van der Waals surface area contributed by atoms with Crippen molar-refractivity contribution in [3.8, 4) is 0 Å². The summed E-state index contributed by atoms with van der Waals surface area (Å²) in [6, 6.07) is 7.35. The average Bonchev–Trinajstić information content (AvgIpc) is 2.80. The van der Waals surface area contributed by atoms with Gasteiger partial charge in [0, 0.05) is 17.0 Å². The summed E-state index contributed by atoms with van der Waals surface area (Å²) in [5.41, 5.74) is 7.47. The van der Waals surface area contributed by atoms with Crippen molar-refractivity contribution in [2.45, 2.75) is 25.3 Å². The zero-order valence-corrected chi connectivity index (χ0v) is 10.9. The summed E-state index contributed by atoms with van der Waals surface area (Å²) in [6.45, 7) is 0. The molecular formula is C15H17NO3. The molecular weight excluding hydrogens is 242 g/mol. The van der Waals surface area contributed by atoms with Gasteiger partial charge in [0.2, 0.25) is 0 Å². The van der Waals surface area contributed by atoms with Crippen molar-refractivity contribution >= 4 is 16.9 Å². The van der Waals surface area contributed by atoms with Crippen molar-refractivity contribution in [2.24, 2.45) is 11.1 Å². The lowest BCUT2D eigenvalue weighted by molar-refractivity contribution is -0.160. The van der Waals surface area contributed by atoms with Crippen LogP contribution in [-0.2, 0) is 9.53 Å². The van der Waals surface area contributed by atoms with Gasteiger partial charge >= 0.3 is 5.97 Å². The predicted molar refractivity (Wildman–Crippen MR) is 71.4 cm³/mol. The van der Waals surface area contributed by atoms with Crippen molar-refractivity contribution in [2.75, 3.05) is 7.11 Å². The van der Waals surface area contributed by atoms with Crippen LogP contribution in [0.25, 0.3) is 11.0 Å². The molecule has 1 aromatic heterocycles. The first-order chi connectivity index (χ1) is 9.19. The van der Waals surface area contributed by atoms with Crippen molar-refractivity contribution in [1.82, 2.24) is 0 Å². The number of nitrogens with two attached hydrogens (primary N) is 1. The van der Waals surface area contributed by atoms with E-state index in [0.29, 0.717) is 0 Å². The average molecular weight is 259 g/mol. The molecule has 1 unspecified atom stereocenters. The largest absolute Gasteiger partial charge is 0.469 e. The minimum absolute atomic E-state index is 0.212. The van der Waals surface area contributed by atoms with Crippen LogP contribution in [0.1, 0.15) is 30.9 Å². The van der Waals surface area contributed by atoms with Gasteiger partial charge in [-0.3, -0.25) is 4.79 Å². The Bertz CT molecular complexity index is 613. The Kier molecular flexibility index (Phi) is 2.82. The van der Waals surface area contributed by atoms with Crippen LogP contribution in [0, 0.1) is 5.41 Å². The van der Waals surface area contributed by atoms with Crippen LogP contribution < -0.4 is 5.73 Å². The van der Waals surface area contributed by atoms with Crippen LogP contribution in [0.4, 0.5) is 0 Å². The topological polar surface area (TPSA) is 65.5 Å². The molecule has 0 aliphatic heterocycles. The molecule has 1 atom stereocenters. The number of ether oxygens (including phenoxy) is 1. The highest BCUT2D eigenvalue weighted by Gasteiger charge is 2.51. The first-order valence-electron chi connectivity index (χ1n) is 6.49. The molecule has 1 heterocycles. The predicted octanol–water partition coefficient (Wildman–Crippen LogP) is 2.78. The summed E-state index contributed by atoms with van der Waals surface area (Å²) < 4.78 is 10.5. The number of methoxy groups -OCH3 is 1. The Balaban J connectivity index is 2.03. The molecule has 1 aliphatic rings. The number of fused-ring (bicyclic) bond motifs is 1. The molecule has 3 rings (SSSR count). The maximum atomic E-state index is 12.1. The number of carbonyl (C=O) groups excluding carboxylic acids is 1. The van der Waals surface area contributed by atoms with Gasteiger partial charge in [0.1, 0.15) is 5.58 Å². The molecule has 1 saturated carbocycles. The first kappa shape index (κ1) is 12.2. The fraction of sp³-hybridized carbons (Fsp3) is 0.400. The van der Waals surface area contributed by atoms with Crippen LogP contribution in [0.15, 0.2) is 34.9 Å². The van der Waals surface area contributed by atoms with E-state index in [0.717, 1.165) is 35.8 Å². The maximum absolute atomic E-state index is 12.1. The van der Waals surface area contributed by atoms with E-state index in [1.807, 2.05) is 24.3 Å². The second-order valence-electron chi connectivity index (χ2n) is 5.17. The Morgan fingerprint density at radius 1 is 1.42 bits per heavy atom. The van der Waals surface area contributed by atoms with Crippen molar-refractivity contribution in [3.63, 3.8) is 0 Å².